The fourth-order valence-electron chi connectivity index (χ4n) is 3.40. The quantitative estimate of drug-likeness (QED) is 0.664. The average Bonchev–Trinajstić information content (AvgIpc) is 3.03. The van der Waals surface area contributed by atoms with Crippen LogP contribution in [-0.2, 0) is 9.59 Å². The van der Waals surface area contributed by atoms with E-state index in [4.69, 9.17) is 11.6 Å². The van der Waals surface area contributed by atoms with Crippen LogP contribution in [0.25, 0.3) is 0 Å². The average molecular weight is 307 g/mol. The minimum absolute atomic E-state index is 0.00754. The molecular formula is C15H15ClN2O3. The fourth-order valence-corrected chi connectivity index (χ4v) is 3.65. The Morgan fingerprint density at radius 2 is 2.00 bits per heavy atom. The van der Waals surface area contributed by atoms with Gasteiger partial charge in [0, 0.05) is 6.20 Å². The molecule has 2 bridgehead atoms. The number of carbonyl (C=O) groups excluding carboxylic acids is 1. The summed E-state index contributed by atoms with van der Waals surface area (Å²) in [6, 6.07) is 1.75. The van der Waals surface area contributed by atoms with Gasteiger partial charge in [0.15, 0.2) is 5.15 Å². The Labute approximate surface area is 127 Å². The highest BCUT2D eigenvalue weighted by atomic mass is 35.5. The Hall–Kier alpha value is -1.88. The zero-order chi connectivity index (χ0) is 15.1. The van der Waals surface area contributed by atoms with Crippen molar-refractivity contribution < 1.29 is 14.7 Å². The lowest BCUT2D eigenvalue weighted by Crippen LogP contribution is -2.36. The first-order chi connectivity index (χ1) is 9.99. The Morgan fingerprint density at radius 1 is 1.33 bits per heavy atom. The van der Waals surface area contributed by atoms with Gasteiger partial charge in [0.05, 0.1) is 17.5 Å². The predicted octanol–water partition coefficient (Wildman–Crippen LogP) is 2.50. The normalized spacial score (nSPS) is 29.6. The number of pyridine rings is 1. The van der Waals surface area contributed by atoms with Gasteiger partial charge in [-0.2, -0.15) is 0 Å². The number of halogens is 1. The van der Waals surface area contributed by atoms with Crippen LogP contribution in [0.4, 0.5) is 5.69 Å². The summed E-state index contributed by atoms with van der Waals surface area (Å²) in [5.74, 6) is -2.47. The molecule has 1 heterocycles. The Kier molecular flexibility index (Phi) is 3.45. The molecule has 2 aliphatic carbocycles. The zero-order valence-electron chi connectivity index (χ0n) is 11.4. The van der Waals surface area contributed by atoms with Gasteiger partial charge in [-0.05, 0) is 36.8 Å². The highest BCUT2D eigenvalue weighted by Gasteiger charge is 2.51. The van der Waals surface area contributed by atoms with Crippen LogP contribution in [0.1, 0.15) is 12.0 Å². The van der Waals surface area contributed by atoms with Gasteiger partial charge < -0.3 is 10.4 Å². The van der Waals surface area contributed by atoms with Gasteiger partial charge >= 0.3 is 5.97 Å². The van der Waals surface area contributed by atoms with Crippen molar-refractivity contribution in [2.45, 2.75) is 13.3 Å². The maximum atomic E-state index is 12.5. The minimum atomic E-state index is -0.916. The van der Waals surface area contributed by atoms with E-state index < -0.39 is 17.8 Å². The number of anilines is 1. The number of amides is 1. The van der Waals surface area contributed by atoms with Crippen molar-refractivity contribution in [1.29, 1.82) is 0 Å². The lowest BCUT2D eigenvalue weighted by Gasteiger charge is -2.24. The highest BCUT2D eigenvalue weighted by molar-refractivity contribution is 6.32. The minimum Gasteiger partial charge on any atom is -0.481 e. The maximum Gasteiger partial charge on any atom is 0.307 e. The fraction of sp³-hybridized carbons (Fsp3) is 0.400. The van der Waals surface area contributed by atoms with E-state index in [1.807, 2.05) is 19.1 Å². The topological polar surface area (TPSA) is 79.3 Å². The summed E-state index contributed by atoms with van der Waals surface area (Å²) in [6.07, 6.45) is 6.16. The van der Waals surface area contributed by atoms with Crippen LogP contribution in [0.5, 0.6) is 0 Å². The maximum absolute atomic E-state index is 12.5. The molecule has 1 saturated carbocycles. The Bertz CT molecular complexity index is 624. The predicted molar refractivity (Wildman–Crippen MR) is 78.0 cm³/mol. The standard InChI is InChI=1S/C15H15ClN2O3/c1-7-4-5-17-13(16)12(7)18-14(19)10-8-2-3-9(6-8)11(10)15(20)21/h2-5,8-11H,6H2,1H3,(H,18,19)(H,20,21)/t8?,9?,10-,11+/m0/s1. The summed E-state index contributed by atoms with van der Waals surface area (Å²) in [6.45, 7) is 1.82. The highest BCUT2D eigenvalue weighted by Crippen LogP contribution is 2.48. The van der Waals surface area contributed by atoms with Gasteiger partial charge in [-0.3, -0.25) is 9.59 Å². The largest absolute Gasteiger partial charge is 0.481 e. The molecule has 0 aromatic carbocycles. The number of hydrogen-bond donors (Lipinski definition) is 2. The molecule has 21 heavy (non-hydrogen) atoms. The van der Waals surface area contributed by atoms with Crippen LogP contribution in [0, 0.1) is 30.6 Å². The molecule has 1 fully saturated rings. The van der Waals surface area contributed by atoms with E-state index in [2.05, 4.69) is 10.3 Å². The summed E-state index contributed by atoms with van der Waals surface area (Å²) < 4.78 is 0. The molecule has 0 saturated heterocycles. The first kappa shape index (κ1) is 14.1. The molecule has 4 atom stereocenters. The number of nitrogens with zero attached hydrogens (tertiary/aromatic N) is 1. The number of allylic oxidation sites excluding steroid dienone is 2. The van der Waals surface area contributed by atoms with Crippen LogP contribution in [0.2, 0.25) is 5.15 Å². The number of aliphatic carboxylic acids is 1. The van der Waals surface area contributed by atoms with Crippen LogP contribution < -0.4 is 5.32 Å². The van der Waals surface area contributed by atoms with Crippen molar-refractivity contribution in [2.75, 3.05) is 5.32 Å². The first-order valence-electron chi connectivity index (χ1n) is 6.82. The molecule has 0 aliphatic heterocycles. The smallest absolute Gasteiger partial charge is 0.307 e. The van der Waals surface area contributed by atoms with E-state index in [9.17, 15) is 14.7 Å². The van der Waals surface area contributed by atoms with Crippen molar-refractivity contribution in [3.63, 3.8) is 0 Å². The third-order valence-electron chi connectivity index (χ3n) is 4.41. The van der Waals surface area contributed by atoms with Crippen LogP contribution >= 0.6 is 11.6 Å². The second-order valence-corrected chi connectivity index (χ2v) is 5.98. The molecule has 2 N–H and O–H groups in total. The van der Waals surface area contributed by atoms with Crippen molar-refractivity contribution in [1.82, 2.24) is 4.98 Å². The number of rotatable bonds is 3. The van der Waals surface area contributed by atoms with E-state index >= 15 is 0 Å². The summed E-state index contributed by atoms with van der Waals surface area (Å²) >= 11 is 6.00. The van der Waals surface area contributed by atoms with E-state index in [-0.39, 0.29) is 22.9 Å². The van der Waals surface area contributed by atoms with Crippen molar-refractivity contribution in [2.24, 2.45) is 23.7 Å². The number of carbonyl (C=O) groups is 2. The molecule has 0 spiro atoms. The van der Waals surface area contributed by atoms with E-state index in [0.29, 0.717) is 5.69 Å². The van der Waals surface area contributed by atoms with E-state index in [1.165, 1.54) is 0 Å². The molecule has 0 radical (unpaired) electrons. The Morgan fingerprint density at radius 3 is 2.62 bits per heavy atom. The number of carboxylic acid groups (broad SMARTS) is 1. The van der Waals surface area contributed by atoms with Crippen LogP contribution in [0.3, 0.4) is 0 Å². The van der Waals surface area contributed by atoms with Crippen LogP contribution in [-0.4, -0.2) is 22.0 Å². The van der Waals surface area contributed by atoms with Gasteiger partial charge in [-0.1, -0.05) is 23.8 Å². The first-order valence-corrected chi connectivity index (χ1v) is 7.20. The van der Waals surface area contributed by atoms with E-state index in [0.717, 1.165) is 12.0 Å². The number of aryl methyl sites for hydroxylation is 1. The van der Waals surface area contributed by atoms with Gasteiger partial charge in [-0.15, -0.1) is 0 Å². The molecule has 1 amide bonds. The Balaban J connectivity index is 1.85. The second kappa shape index (κ2) is 5.15. The number of nitrogens with one attached hydrogen (secondary N) is 1. The second-order valence-electron chi connectivity index (χ2n) is 5.62. The SMILES string of the molecule is Cc1ccnc(Cl)c1NC(=O)[C@H]1C2C=CC(C2)[C@H]1C(=O)O. The third-order valence-corrected chi connectivity index (χ3v) is 4.69. The summed E-state index contributed by atoms with van der Waals surface area (Å²) in [4.78, 5) is 27.9. The van der Waals surface area contributed by atoms with Crippen LogP contribution in [0.15, 0.2) is 24.4 Å². The zero-order valence-corrected chi connectivity index (χ0v) is 12.2. The molecule has 3 rings (SSSR count). The third kappa shape index (κ3) is 2.31. The van der Waals surface area contributed by atoms with Gasteiger partial charge in [0.1, 0.15) is 0 Å². The molecule has 2 unspecified atom stereocenters. The number of fused-ring (bicyclic) bond motifs is 2. The lowest BCUT2D eigenvalue weighted by atomic mass is 9.82. The number of carboxylic acids is 1. The molecule has 1 aromatic rings. The van der Waals surface area contributed by atoms with Gasteiger partial charge in [-0.25, -0.2) is 4.98 Å². The summed E-state index contributed by atoms with van der Waals surface area (Å²) in [5.41, 5.74) is 1.26. The molecular weight excluding hydrogens is 292 g/mol. The molecule has 110 valence electrons. The number of hydrogen-bond acceptors (Lipinski definition) is 3. The van der Waals surface area contributed by atoms with Crippen molar-refractivity contribution >= 4 is 29.2 Å². The molecule has 5 nitrogen and oxygen atoms in total. The number of aromatic nitrogens is 1. The summed E-state index contributed by atoms with van der Waals surface area (Å²) in [7, 11) is 0. The molecule has 1 aromatic heterocycles. The monoisotopic (exact) mass is 306 g/mol. The summed E-state index contributed by atoms with van der Waals surface area (Å²) in [5, 5.41) is 12.4. The molecule has 2 aliphatic rings. The van der Waals surface area contributed by atoms with Gasteiger partial charge in [0.25, 0.3) is 0 Å². The molecule has 6 heteroatoms. The van der Waals surface area contributed by atoms with Gasteiger partial charge in [0.2, 0.25) is 5.91 Å². The van der Waals surface area contributed by atoms with E-state index in [1.54, 1.807) is 12.3 Å². The lowest BCUT2D eigenvalue weighted by molar-refractivity contribution is -0.146. The van der Waals surface area contributed by atoms with Crippen molar-refractivity contribution in [3.8, 4) is 0 Å². The van der Waals surface area contributed by atoms with Crippen molar-refractivity contribution in [3.05, 3.63) is 35.1 Å².